The number of piperidine rings is 2. The van der Waals surface area contributed by atoms with Crippen molar-refractivity contribution in [1.82, 2.24) is 15.6 Å². The lowest BCUT2D eigenvalue weighted by atomic mass is 9.92. The van der Waals surface area contributed by atoms with Crippen molar-refractivity contribution < 1.29 is 14.3 Å². The van der Waals surface area contributed by atoms with Gasteiger partial charge in [-0.2, -0.15) is 0 Å². The molecule has 3 aliphatic heterocycles. The Bertz CT molecular complexity index is 657. The molecule has 0 bridgehead atoms. The average Bonchev–Trinajstić information content (AvgIpc) is 2.62. The number of carbonyl (C=O) groups excluding carboxylic acids is 2. The van der Waals surface area contributed by atoms with Gasteiger partial charge in [0.25, 0.3) is 0 Å². The first-order chi connectivity index (χ1) is 11.7. The number of amides is 2. The van der Waals surface area contributed by atoms with Crippen LogP contribution >= 0.6 is 0 Å². The van der Waals surface area contributed by atoms with Crippen LogP contribution in [0.25, 0.3) is 0 Å². The van der Waals surface area contributed by atoms with Gasteiger partial charge in [0.2, 0.25) is 11.8 Å². The van der Waals surface area contributed by atoms with Crippen LogP contribution in [0.15, 0.2) is 12.3 Å². The molecule has 0 saturated carbocycles. The molecule has 1 aromatic rings. The highest BCUT2D eigenvalue weighted by Gasteiger charge is 2.36. The molecule has 4 heterocycles. The molecular weight excluding hydrogens is 308 g/mol. The monoisotopic (exact) mass is 330 g/mol. The second-order valence-corrected chi connectivity index (χ2v) is 6.58. The normalized spacial score (nSPS) is 25.0. The van der Waals surface area contributed by atoms with Gasteiger partial charge in [-0.3, -0.25) is 19.9 Å². The van der Waals surface area contributed by atoms with E-state index < -0.39 is 0 Å². The fourth-order valence-electron chi connectivity index (χ4n) is 3.88. The summed E-state index contributed by atoms with van der Waals surface area (Å²) < 4.78 is 5.96. The van der Waals surface area contributed by atoms with Gasteiger partial charge >= 0.3 is 0 Å². The van der Waals surface area contributed by atoms with Gasteiger partial charge in [-0.05, 0) is 38.4 Å². The quantitative estimate of drug-likeness (QED) is 0.771. The molecule has 1 aromatic heterocycles. The van der Waals surface area contributed by atoms with Crippen molar-refractivity contribution in [3.05, 3.63) is 18.0 Å². The van der Waals surface area contributed by atoms with Crippen LogP contribution in [-0.2, 0) is 9.59 Å². The van der Waals surface area contributed by atoms with Crippen molar-refractivity contribution in [2.45, 2.75) is 37.6 Å². The topological polar surface area (TPSA) is 83.6 Å². The minimum absolute atomic E-state index is 0.185. The lowest BCUT2D eigenvalue weighted by Gasteiger charge is -2.39. The number of anilines is 1. The molecule has 24 heavy (non-hydrogen) atoms. The van der Waals surface area contributed by atoms with Crippen LogP contribution in [0.3, 0.4) is 0 Å². The number of aromatic nitrogens is 1. The third-order valence-corrected chi connectivity index (χ3v) is 5.11. The van der Waals surface area contributed by atoms with E-state index in [1.54, 1.807) is 0 Å². The summed E-state index contributed by atoms with van der Waals surface area (Å²) >= 11 is 0. The Kier molecular flexibility index (Phi) is 4.10. The van der Waals surface area contributed by atoms with Crippen molar-refractivity contribution in [2.24, 2.45) is 0 Å². The summed E-state index contributed by atoms with van der Waals surface area (Å²) in [5, 5.41) is 5.82. The molecule has 1 atom stereocenters. The van der Waals surface area contributed by atoms with Crippen molar-refractivity contribution in [3.63, 3.8) is 0 Å². The molecule has 0 aliphatic carbocycles. The molecule has 0 aromatic carbocycles. The first-order valence-electron chi connectivity index (χ1n) is 8.67. The molecule has 0 radical (unpaired) electrons. The number of carbonyl (C=O) groups is 2. The van der Waals surface area contributed by atoms with E-state index in [-0.39, 0.29) is 17.9 Å². The number of hydrogen-bond acceptors (Lipinski definition) is 6. The molecule has 2 fully saturated rings. The van der Waals surface area contributed by atoms with Gasteiger partial charge in [0.05, 0.1) is 17.9 Å². The highest BCUT2D eigenvalue weighted by Crippen LogP contribution is 2.41. The second-order valence-electron chi connectivity index (χ2n) is 6.58. The molecule has 7 heteroatoms. The third kappa shape index (κ3) is 2.73. The van der Waals surface area contributed by atoms with Crippen LogP contribution < -0.4 is 20.3 Å². The number of nitrogens with one attached hydrogen (secondary N) is 2. The molecule has 2 saturated heterocycles. The van der Waals surface area contributed by atoms with Crippen molar-refractivity contribution in [2.75, 3.05) is 31.1 Å². The number of nitrogens with zero attached hydrogens (tertiary/aromatic N) is 2. The number of pyridine rings is 1. The predicted molar refractivity (Wildman–Crippen MR) is 88.1 cm³/mol. The average molecular weight is 330 g/mol. The zero-order valence-electron chi connectivity index (χ0n) is 13.6. The largest absolute Gasteiger partial charge is 0.488 e. The third-order valence-electron chi connectivity index (χ3n) is 5.11. The number of hydrogen-bond donors (Lipinski definition) is 2. The summed E-state index contributed by atoms with van der Waals surface area (Å²) in [4.78, 5) is 30.3. The SMILES string of the molecule is O=C1CCC(N2CCOc3c2ccnc3C2CCNCC2)C(=O)N1. The molecule has 2 amide bonds. The fraction of sp³-hybridized carbons (Fsp3) is 0.588. The maximum absolute atomic E-state index is 12.3. The molecule has 7 nitrogen and oxygen atoms in total. The van der Waals surface area contributed by atoms with Crippen LogP contribution in [0.2, 0.25) is 0 Å². The summed E-state index contributed by atoms with van der Waals surface area (Å²) in [6.07, 6.45) is 4.84. The molecular formula is C17H22N4O3. The second kappa shape index (κ2) is 6.39. The number of rotatable bonds is 2. The lowest BCUT2D eigenvalue weighted by Crippen LogP contribution is -2.54. The summed E-state index contributed by atoms with van der Waals surface area (Å²) in [5.74, 6) is 0.817. The lowest BCUT2D eigenvalue weighted by molar-refractivity contribution is -0.134. The minimum atomic E-state index is -0.311. The predicted octanol–water partition coefficient (Wildman–Crippen LogP) is 0.553. The van der Waals surface area contributed by atoms with Crippen LogP contribution in [0.5, 0.6) is 5.75 Å². The summed E-state index contributed by atoms with van der Waals surface area (Å²) in [6, 6.07) is 1.61. The summed E-state index contributed by atoms with van der Waals surface area (Å²) in [6.45, 7) is 3.17. The Morgan fingerprint density at radius 1 is 1.21 bits per heavy atom. The van der Waals surface area contributed by atoms with E-state index in [2.05, 4.69) is 20.5 Å². The Balaban J connectivity index is 1.65. The van der Waals surface area contributed by atoms with E-state index in [4.69, 9.17) is 4.74 Å². The maximum atomic E-state index is 12.3. The first-order valence-corrected chi connectivity index (χ1v) is 8.67. The summed E-state index contributed by atoms with van der Waals surface area (Å²) in [7, 11) is 0. The van der Waals surface area contributed by atoms with E-state index >= 15 is 0 Å². The molecule has 3 aliphatic rings. The van der Waals surface area contributed by atoms with Gasteiger partial charge in [-0.25, -0.2) is 0 Å². The van der Waals surface area contributed by atoms with E-state index in [0.29, 0.717) is 31.9 Å². The smallest absolute Gasteiger partial charge is 0.249 e. The van der Waals surface area contributed by atoms with Gasteiger partial charge in [-0.15, -0.1) is 0 Å². The summed E-state index contributed by atoms with van der Waals surface area (Å²) in [5.41, 5.74) is 1.94. The Labute approximate surface area is 140 Å². The maximum Gasteiger partial charge on any atom is 0.249 e. The highest BCUT2D eigenvalue weighted by atomic mass is 16.5. The molecule has 0 spiro atoms. The van der Waals surface area contributed by atoms with Crippen molar-refractivity contribution in [3.8, 4) is 5.75 Å². The Morgan fingerprint density at radius 3 is 2.83 bits per heavy atom. The number of fused-ring (bicyclic) bond motifs is 1. The first kappa shape index (κ1) is 15.4. The van der Waals surface area contributed by atoms with Crippen LogP contribution in [0, 0.1) is 0 Å². The van der Waals surface area contributed by atoms with E-state index in [1.165, 1.54) is 0 Å². The van der Waals surface area contributed by atoms with Gasteiger partial charge in [-0.1, -0.05) is 0 Å². The standard InChI is InChI=1S/C17H22N4O3/c22-14-2-1-13(17(23)20-14)21-9-10-24-16-12(21)5-8-19-15(16)11-3-6-18-7-4-11/h5,8,11,13,18H,1-4,6-7,9-10H2,(H,20,22,23). The van der Waals surface area contributed by atoms with Gasteiger partial charge in [0.15, 0.2) is 5.75 Å². The fourth-order valence-corrected chi connectivity index (χ4v) is 3.88. The van der Waals surface area contributed by atoms with Gasteiger partial charge in [0.1, 0.15) is 12.6 Å². The Hall–Kier alpha value is -2.15. The highest BCUT2D eigenvalue weighted by molar-refractivity contribution is 6.01. The van der Waals surface area contributed by atoms with E-state index in [9.17, 15) is 9.59 Å². The number of imide groups is 1. The van der Waals surface area contributed by atoms with Crippen molar-refractivity contribution in [1.29, 1.82) is 0 Å². The molecule has 4 rings (SSSR count). The molecule has 1 unspecified atom stereocenters. The molecule has 128 valence electrons. The van der Waals surface area contributed by atoms with Crippen LogP contribution in [-0.4, -0.2) is 49.1 Å². The zero-order chi connectivity index (χ0) is 16.5. The minimum Gasteiger partial charge on any atom is -0.488 e. The Morgan fingerprint density at radius 2 is 2.04 bits per heavy atom. The van der Waals surface area contributed by atoms with Crippen molar-refractivity contribution >= 4 is 17.5 Å². The van der Waals surface area contributed by atoms with E-state index in [1.807, 2.05) is 12.3 Å². The zero-order valence-corrected chi connectivity index (χ0v) is 13.6. The molecule has 2 N–H and O–H groups in total. The van der Waals surface area contributed by atoms with E-state index in [0.717, 1.165) is 43.1 Å². The van der Waals surface area contributed by atoms with Crippen LogP contribution in [0.4, 0.5) is 5.69 Å². The number of ether oxygens (including phenoxy) is 1. The van der Waals surface area contributed by atoms with Gasteiger partial charge in [0, 0.05) is 18.5 Å². The van der Waals surface area contributed by atoms with Gasteiger partial charge < -0.3 is 15.0 Å². The van der Waals surface area contributed by atoms with Crippen LogP contribution in [0.1, 0.15) is 37.3 Å².